The van der Waals surface area contributed by atoms with Crippen molar-refractivity contribution in [1.82, 2.24) is 4.90 Å². The van der Waals surface area contributed by atoms with Crippen molar-refractivity contribution in [2.24, 2.45) is 5.92 Å². The van der Waals surface area contributed by atoms with Crippen molar-refractivity contribution < 1.29 is 14.3 Å². The maximum atomic E-state index is 12.5. The summed E-state index contributed by atoms with van der Waals surface area (Å²) in [4.78, 5) is 26.3. The number of hydrogen-bond acceptors (Lipinski definition) is 3. The molecule has 5 heteroatoms. The van der Waals surface area contributed by atoms with E-state index >= 15 is 0 Å². The number of hydrogen-bond donors (Lipinski definition) is 1. The van der Waals surface area contributed by atoms with Crippen LogP contribution in [0.3, 0.4) is 0 Å². The lowest BCUT2D eigenvalue weighted by Crippen LogP contribution is -2.41. The molecule has 5 nitrogen and oxygen atoms in total. The number of amides is 2. The number of nitrogens with one attached hydrogen (secondary N) is 1. The standard InChI is InChI=1S/C18H24N2O3/c1-3-20(18(22)14-7-5-4-6-8-14)13-17(21)19-15-9-11-16(23-2)12-10-15/h4-5,9-12,14H,3,6-8,13H2,1-2H3,(H,19,21)/t14-/m0/s1. The summed E-state index contributed by atoms with van der Waals surface area (Å²) in [6.07, 6.45) is 6.74. The third kappa shape index (κ3) is 4.84. The van der Waals surface area contributed by atoms with E-state index in [0.29, 0.717) is 12.2 Å². The minimum Gasteiger partial charge on any atom is -0.497 e. The fourth-order valence-electron chi connectivity index (χ4n) is 2.67. The van der Waals surface area contributed by atoms with Crippen LogP contribution in [0.2, 0.25) is 0 Å². The van der Waals surface area contributed by atoms with E-state index in [1.165, 1.54) is 0 Å². The largest absolute Gasteiger partial charge is 0.497 e. The molecule has 1 aromatic carbocycles. The summed E-state index contributed by atoms with van der Waals surface area (Å²) in [5.41, 5.74) is 0.694. The smallest absolute Gasteiger partial charge is 0.243 e. The highest BCUT2D eigenvalue weighted by Gasteiger charge is 2.24. The summed E-state index contributed by atoms with van der Waals surface area (Å²) >= 11 is 0. The number of benzene rings is 1. The number of anilines is 1. The van der Waals surface area contributed by atoms with Gasteiger partial charge in [-0.3, -0.25) is 9.59 Å². The molecule has 1 aromatic rings. The number of rotatable bonds is 6. The molecule has 0 saturated carbocycles. The fourth-order valence-corrected chi connectivity index (χ4v) is 2.67. The lowest BCUT2D eigenvalue weighted by atomic mass is 9.93. The van der Waals surface area contributed by atoms with E-state index in [0.717, 1.165) is 25.0 Å². The molecule has 1 aliphatic rings. The van der Waals surface area contributed by atoms with Crippen LogP contribution in [-0.4, -0.2) is 36.9 Å². The topological polar surface area (TPSA) is 58.6 Å². The Balaban J connectivity index is 1.90. The molecule has 0 bridgehead atoms. The van der Waals surface area contributed by atoms with Gasteiger partial charge in [-0.25, -0.2) is 0 Å². The molecule has 1 aliphatic carbocycles. The van der Waals surface area contributed by atoms with E-state index in [9.17, 15) is 9.59 Å². The number of carbonyl (C=O) groups is 2. The van der Waals surface area contributed by atoms with Crippen LogP contribution >= 0.6 is 0 Å². The zero-order chi connectivity index (χ0) is 16.7. The molecular formula is C18H24N2O3. The first-order chi connectivity index (χ1) is 11.1. The second-order valence-electron chi connectivity index (χ2n) is 5.61. The lowest BCUT2D eigenvalue weighted by Gasteiger charge is -2.26. The van der Waals surface area contributed by atoms with Crippen LogP contribution in [0.25, 0.3) is 0 Å². The third-order valence-electron chi connectivity index (χ3n) is 4.02. The summed E-state index contributed by atoms with van der Waals surface area (Å²) in [5, 5.41) is 2.81. The maximum absolute atomic E-state index is 12.5. The molecule has 124 valence electrons. The van der Waals surface area contributed by atoms with Crippen molar-refractivity contribution in [3.8, 4) is 5.75 Å². The molecule has 0 radical (unpaired) electrons. The van der Waals surface area contributed by atoms with Gasteiger partial charge in [-0.2, -0.15) is 0 Å². The Hall–Kier alpha value is -2.30. The number of methoxy groups -OCH3 is 1. The summed E-state index contributed by atoms with van der Waals surface area (Å²) in [6.45, 7) is 2.52. The van der Waals surface area contributed by atoms with Gasteiger partial charge in [0.15, 0.2) is 0 Å². The lowest BCUT2D eigenvalue weighted by molar-refractivity contribution is -0.138. The predicted molar refractivity (Wildman–Crippen MR) is 90.4 cm³/mol. The van der Waals surface area contributed by atoms with Crippen LogP contribution < -0.4 is 10.1 Å². The van der Waals surface area contributed by atoms with Gasteiger partial charge in [0, 0.05) is 18.2 Å². The number of carbonyl (C=O) groups excluding carboxylic acids is 2. The molecule has 0 aromatic heterocycles. The predicted octanol–water partition coefficient (Wildman–Crippen LogP) is 2.84. The molecule has 0 spiro atoms. The van der Waals surface area contributed by atoms with Crippen molar-refractivity contribution in [3.63, 3.8) is 0 Å². The normalized spacial score (nSPS) is 16.7. The molecule has 0 unspecified atom stereocenters. The summed E-state index contributed by atoms with van der Waals surface area (Å²) < 4.78 is 5.08. The first-order valence-corrected chi connectivity index (χ1v) is 8.01. The molecule has 2 amide bonds. The van der Waals surface area contributed by atoms with Gasteiger partial charge in [0.05, 0.1) is 13.7 Å². The van der Waals surface area contributed by atoms with E-state index in [1.807, 2.05) is 6.92 Å². The molecule has 0 saturated heterocycles. The molecule has 2 rings (SSSR count). The molecule has 23 heavy (non-hydrogen) atoms. The number of likely N-dealkylation sites (N-methyl/N-ethyl adjacent to an activating group) is 1. The Morgan fingerprint density at radius 1 is 1.26 bits per heavy atom. The summed E-state index contributed by atoms with van der Waals surface area (Å²) in [5.74, 6) is 0.630. The quantitative estimate of drug-likeness (QED) is 0.821. The highest BCUT2D eigenvalue weighted by Crippen LogP contribution is 2.20. The van der Waals surface area contributed by atoms with Gasteiger partial charge in [-0.15, -0.1) is 0 Å². The molecule has 0 aliphatic heterocycles. The zero-order valence-corrected chi connectivity index (χ0v) is 13.7. The summed E-state index contributed by atoms with van der Waals surface area (Å²) in [6, 6.07) is 7.13. The third-order valence-corrected chi connectivity index (χ3v) is 4.02. The van der Waals surface area contributed by atoms with E-state index < -0.39 is 0 Å². The highest BCUT2D eigenvalue weighted by atomic mass is 16.5. The van der Waals surface area contributed by atoms with Crippen LogP contribution in [0, 0.1) is 5.92 Å². The van der Waals surface area contributed by atoms with Crippen molar-refractivity contribution in [1.29, 1.82) is 0 Å². The monoisotopic (exact) mass is 316 g/mol. The Bertz CT molecular complexity index is 566. The number of ether oxygens (including phenoxy) is 1. The second-order valence-corrected chi connectivity index (χ2v) is 5.61. The van der Waals surface area contributed by atoms with E-state index in [4.69, 9.17) is 4.74 Å². The highest BCUT2D eigenvalue weighted by molar-refractivity contribution is 5.94. The minimum atomic E-state index is -0.184. The van der Waals surface area contributed by atoms with E-state index in [2.05, 4.69) is 17.5 Å². The molecule has 1 N–H and O–H groups in total. The van der Waals surface area contributed by atoms with Crippen molar-refractivity contribution >= 4 is 17.5 Å². The van der Waals surface area contributed by atoms with Crippen LogP contribution in [0.5, 0.6) is 5.75 Å². The first-order valence-electron chi connectivity index (χ1n) is 8.01. The van der Waals surface area contributed by atoms with Crippen molar-refractivity contribution in [3.05, 3.63) is 36.4 Å². The first kappa shape index (κ1) is 17.1. The minimum absolute atomic E-state index is 0.00809. The van der Waals surface area contributed by atoms with Gasteiger partial charge in [-0.1, -0.05) is 12.2 Å². The molecule has 1 atom stereocenters. The molecule has 0 heterocycles. The van der Waals surface area contributed by atoms with Gasteiger partial charge in [0.25, 0.3) is 0 Å². The van der Waals surface area contributed by atoms with Crippen LogP contribution in [0.1, 0.15) is 26.2 Å². The Morgan fingerprint density at radius 2 is 2.00 bits per heavy atom. The van der Waals surface area contributed by atoms with Gasteiger partial charge in [0.1, 0.15) is 5.75 Å². The van der Waals surface area contributed by atoms with Crippen LogP contribution in [-0.2, 0) is 9.59 Å². The molecule has 0 fully saturated rings. The van der Waals surface area contributed by atoms with E-state index in [-0.39, 0.29) is 24.3 Å². The number of nitrogens with zero attached hydrogens (tertiary/aromatic N) is 1. The molecular weight excluding hydrogens is 292 g/mol. The average Bonchev–Trinajstić information content (AvgIpc) is 2.60. The van der Waals surface area contributed by atoms with Crippen molar-refractivity contribution in [2.75, 3.05) is 25.5 Å². The van der Waals surface area contributed by atoms with Gasteiger partial charge in [-0.05, 0) is 50.5 Å². The zero-order valence-electron chi connectivity index (χ0n) is 13.7. The van der Waals surface area contributed by atoms with Crippen LogP contribution in [0.4, 0.5) is 5.69 Å². The average molecular weight is 316 g/mol. The SMILES string of the molecule is CCN(CC(=O)Nc1ccc(OC)cc1)C(=O)[C@H]1CC=CCC1. The Kier molecular flexibility index (Phi) is 6.20. The van der Waals surface area contributed by atoms with Gasteiger partial charge >= 0.3 is 0 Å². The van der Waals surface area contributed by atoms with E-state index in [1.54, 1.807) is 36.3 Å². The number of allylic oxidation sites excluding steroid dienone is 2. The van der Waals surface area contributed by atoms with Gasteiger partial charge in [0.2, 0.25) is 11.8 Å². The second kappa shape index (κ2) is 8.36. The van der Waals surface area contributed by atoms with Gasteiger partial charge < -0.3 is 15.0 Å². The Labute approximate surface area is 137 Å². The maximum Gasteiger partial charge on any atom is 0.243 e. The fraction of sp³-hybridized carbons (Fsp3) is 0.444. The van der Waals surface area contributed by atoms with Crippen LogP contribution in [0.15, 0.2) is 36.4 Å². The summed E-state index contributed by atoms with van der Waals surface area (Å²) in [7, 11) is 1.60. The van der Waals surface area contributed by atoms with Crippen molar-refractivity contribution in [2.45, 2.75) is 26.2 Å². The Morgan fingerprint density at radius 3 is 2.57 bits per heavy atom.